The van der Waals surface area contributed by atoms with E-state index in [4.69, 9.17) is 0 Å². The van der Waals surface area contributed by atoms with Gasteiger partial charge in [0.2, 0.25) is 5.91 Å². The van der Waals surface area contributed by atoms with E-state index in [0.29, 0.717) is 6.42 Å². The van der Waals surface area contributed by atoms with Gasteiger partial charge in [-0.1, -0.05) is 48.0 Å². The van der Waals surface area contributed by atoms with Crippen molar-refractivity contribution in [1.29, 1.82) is 0 Å². The molecule has 0 saturated carbocycles. The second-order valence-corrected chi connectivity index (χ2v) is 7.65. The number of aryl methyl sites for hydroxylation is 2. The molecule has 1 atom stereocenters. The molecule has 1 heterocycles. The van der Waals surface area contributed by atoms with E-state index >= 15 is 0 Å². The molecule has 1 amide bonds. The molecule has 0 N–H and O–H groups in total. The lowest BCUT2D eigenvalue weighted by Crippen LogP contribution is -2.27. The van der Waals surface area contributed by atoms with Crippen LogP contribution in [0.3, 0.4) is 0 Å². The van der Waals surface area contributed by atoms with Gasteiger partial charge in [0, 0.05) is 12.4 Å². The van der Waals surface area contributed by atoms with Gasteiger partial charge in [0.25, 0.3) is 0 Å². The third-order valence-corrected chi connectivity index (χ3v) is 5.64. The number of amides is 1. The van der Waals surface area contributed by atoms with Crippen molar-refractivity contribution in [3.8, 4) is 11.1 Å². The Morgan fingerprint density at radius 1 is 1.16 bits per heavy atom. The molecule has 0 radical (unpaired) electrons. The number of carbonyl (C=O) groups is 1. The summed E-state index contributed by atoms with van der Waals surface area (Å²) >= 11 is 1.49. The van der Waals surface area contributed by atoms with Crippen LogP contribution in [0.5, 0.6) is 0 Å². The number of anilines is 1. The van der Waals surface area contributed by atoms with E-state index in [9.17, 15) is 4.79 Å². The molecule has 1 unspecified atom stereocenters. The zero-order chi connectivity index (χ0) is 18.0. The molecule has 0 spiro atoms. The van der Waals surface area contributed by atoms with Gasteiger partial charge in [0.1, 0.15) is 0 Å². The molecule has 0 aliphatic rings. The lowest BCUT2D eigenvalue weighted by molar-refractivity contribution is -0.117. The Balaban J connectivity index is 1.74. The molecule has 5 heteroatoms. The molecule has 1 aromatic heterocycles. The Morgan fingerprint density at radius 2 is 1.88 bits per heavy atom. The maximum atomic E-state index is 12.5. The number of hydrogen-bond acceptors (Lipinski definition) is 3. The fourth-order valence-electron chi connectivity index (χ4n) is 2.62. The molecule has 25 heavy (non-hydrogen) atoms. The zero-order valence-electron chi connectivity index (χ0n) is 14.6. The number of nitrogens with zero attached hydrogens (tertiary/aromatic N) is 2. The first-order valence-electron chi connectivity index (χ1n) is 8.08. The molecule has 0 saturated heterocycles. The number of benzene rings is 2. The molecule has 3 rings (SSSR count). The Kier molecular flexibility index (Phi) is 5.31. The van der Waals surface area contributed by atoms with Gasteiger partial charge in [-0.25, -0.2) is 4.98 Å². The summed E-state index contributed by atoms with van der Waals surface area (Å²) in [6.07, 6.45) is 0.372. The Bertz CT molecular complexity index is 902. The standard InChI is InChI=1S/C20H21N2OPS/c1-13-4-9-18(24)17(10-13)16-7-5-15(6-8-16)11-19(23)22(3)20-21-14(2)12-25-20/h4-10,12H,11,24H2,1-3H3. The largest absolute Gasteiger partial charge is 0.291 e. The van der Waals surface area contributed by atoms with Gasteiger partial charge >= 0.3 is 0 Å². The van der Waals surface area contributed by atoms with Gasteiger partial charge < -0.3 is 0 Å². The Morgan fingerprint density at radius 3 is 2.52 bits per heavy atom. The van der Waals surface area contributed by atoms with Crippen LogP contribution in [0, 0.1) is 13.8 Å². The lowest BCUT2D eigenvalue weighted by Gasteiger charge is -2.14. The SMILES string of the molecule is Cc1ccc(P)c(-c2ccc(CC(=O)N(C)c3nc(C)cs3)cc2)c1. The zero-order valence-corrected chi connectivity index (χ0v) is 16.6. The van der Waals surface area contributed by atoms with Crippen molar-refractivity contribution < 1.29 is 4.79 Å². The minimum atomic E-state index is 0.0457. The Hall–Kier alpha value is -2.03. The first-order valence-corrected chi connectivity index (χ1v) is 9.54. The number of carbonyl (C=O) groups excluding carboxylic acids is 1. The molecule has 0 fully saturated rings. The smallest absolute Gasteiger partial charge is 0.232 e. The highest BCUT2D eigenvalue weighted by molar-refractivity contribution is 7.28. The minimum absolute atomic E-state index is 0.0457. The number of thiazole rings is 1. The maximum absolute atomic E-state index is 12.5. The van der Waals surface area contributed by atoms with Gasteiger partial charge in [0.15, 0.2) is 5.13 Å². The van der Waals surface area contributed by atoms with Crippen molar-refractivity contribution in [2.45, 2.75) is 20.3 Å². The number of likely N-dealkylation sites (N-methyl/N-ethyl adjacent to an activating group) is 1. The second kappa shape index (κ2) is 7.47. The van der Waals surface area contributed by atoms with Gasteiger partial charge in [-0.2, -0.15) is 0 Å². The van der Waals surface area contributed by atoms with E-state index in [0.717, 1.165) is 22.0 Å². The van der Waals surface area contributed by atoms with Crippen LogP contribution in [0.25, 0.3) is 11.1 Å². The normalized spacial score (nSPS) is 10.7. The van der Waals surface area contributed by atoms with Crippen molar-refractivity contribution in [2.75, 3.05) is 11.9 Å². The third kappa shape index (κ3) is 4.15. The molecular weight excluding hydrogens is 347 g/mol. The van der Waals surface area contributed by atoms with Crippen LogP contribution in [-0.2, 0) is 11.2 Å². The predicted octanol–water partition coefficient (Wildman–Crippen LogP) is 4.13. The molecule has 0 aliphatic carbocycles. The van der Waals surface area contributed by atoms with Crippen molar-refractivity contribution in [1.82, 2.24) is 4.98 Å². The van der Waals surface area contributed by atoms with Crippen LogP contribution in [0.2, 0.25) is 0 Å². The average Bonchev–Trinajstić information content (AvgIpc) is 3.03. The van der Waals surface area contributed by atoms with E-state index in [-0.39, 0.29) is 5.91 Å². The van der Waals surface area contributed by atoms with Crippen molar-refractivity contribution >= 4 is 36.9 Å². The summed E-state index contributed by atoms with van der Waals surface area (Å²) in [7, 11) is 4.56. The summed E-state index contributed by atoms with van der Waals surface area (Å²) in [5, 5.41) is 3.87. The number of rotatable bonds is 4. The molecule has 0 aliphatic heterocycles. The fraction of sp³-hybridized carbons (Fsp3) is 0.200. The number of aromatic nitrogens is 1. The highest BCUT2D eigenvalue weighted by Crippen LogP contribution is 2.22. The fourth-order valence-corrected chi connectivity index (χ4v) is 3.75. The van der Waals surface area contributed by atoms with Gasteiger partial charge in [-0.3, -0.25) is 9.69 Å². The van der Waals surface area contributed by atoms with Crippen molar-refractivity contribution in [2.24, 2.45) is 0 Å². The van der Waals surface area contributed by atoms with Gasteiger partial charge in [0.05, 0.1) is 12.1 Å². The predicted molar refractivity (Wildman–Crippen MR) is 110 cm³/mol. The molecular formula is C20H21N2OPS. The van der Waals surface area contributed by atoms with E-state index in [1.807, 2.05) is 24.4 Å². The maximum Gasteiger partial charge on any atom is 0.232 e. The first kappa shape index (κ1) is 17.8. The molecule has 3 nitrogen and oxygen atoms in total. The number of hydrogen-bond donors (Lipinski definition) is 0. The van der Waals surface area contributed by atoms with E-state index in [1.165, 1.54) is 27.8 Å². The minimum Gasteiger partial charge on any atom is -0.291 e. The Labute approximate surface area is 154 Å². The summed E-state index contributed by atoms with van der Waals surface area (Å²) in [5.41, 5.74) is 5.55. The quantitative estimate of drug-likeness (QED) is 0.649. The summed E-state index contributed by atoms with van der Waals surface area (Å²) < 4.78 is 0. The van der Waals surface area contributed by atoms with Crippen LogP contribution in [-0.4, -0.2) is 17.9 Å². The summed E-state index contributed by atoms with van der Waals surface area (Å²) in [6.45, 7) is 4.03. The molecule has 128 valence electrons. The monoisotopic (exact) mass is 368 g/mol. The molecule has 2 aromatic carbocycles. The highest BCUT2D eigenvalue weighted by Gasteiger charge is 2.14. The van der Waals surface area contributed by atoms with Crippen LogP contribution >= 0.6 is 20.6 Å². The van der Waals surface area contributed by atoms with Crippen molar-refractivity contribution in [3.05, 3.63) is 64.7 Å². The molecule has 3 aromatic rings. The van der Waals surface area contributed by atoms with E-state index in [2.05, 4.69) is 51.5 Å². The van der Waals surface area contributed by atoms with Gasteiger partial charge in [-0.05, 0) is 35.8 Å². The summed E-state index contributed by atoms with van der Waals surface area (Å²) in [5.74, 6) is 0.0457. The van der Waals surface area contributed by atoms with Crippen molar-refractivity contribution in [3.63, 3.8) is 0 Å². The van der Waals surface area contributed by atoms with Gasteiger partial charge in [-0.15, -0.1) is 20.6 Å². The average molecular weight is 368 g/mol. The van der Waals surface area contributed by atoms with Crippen LogP contribution in [0.15, 0.2) is 47.8 Å². The molecule has 0 bridgehead atoms. The second-order valence-electron chi connectivity index (χ2n) is 6.19. The highest BCUT2D eigenvalue weighted by atomic mass is 32.1. The van der Waals surface area contributed by atoms with Crippen LogP contribution in [0.1, 0.15) is 16.8 Å². The third-order valence-electron chi connectivity index (χ3n) is 4.10. The van der Waals surface area contributed by atoms with E-state index < -0.39 is 0 Å². The summed E-state index contributed by atoms with van der Waals surface area (Å²) in [6, 6.07) is 14.6. The van der Waals surface area contributed by atoms with Crippen LogP contribution < -0.4 is 10.2 Å². The van der Waals surface area contributed by atoms with Crippen LogP contribution in [0.4, 0.5) is 5.13 Å². The van der Waals surface area contributed by atoms with E-state index in [1.54, 1.807) is 11.9 Å². The first-order chi connectivity index (χ1) is 11.9. The lowest BCUT2D eigenvalue weighted by atomic mass is 10.0. The summed E-state index contributed by atoms with van der Waals surface area (Å²) in [4.78, 5) is 18.5. The topological polar surface area (TPSA) is 33.2 Å².